The molecule has 6 nitrogen and oxygen atoms in total. The molecule has 126 valence electrons. The number of benzene rings is 1. The Balaban J connectivity index is 2.04. The number of hydrogen-bond donors (Lipinski definition) is 3. The molecule has 0 fully saturated rings. The van der Waals surface area contributed by atoms with Crippen molar-refractivity contribution in [3.05, 3.63) is 53.3 Å². The number of nitrogens with one attached hydrogen (secondary N) is 2. The highest BCUT2D eigenvalue weighted by Gasteiger charge is 2.15. The Kier molecular flexibility index (Phi) is 5.52. The predicted molar refractivity (Wildman–Crippen MR) is 92.0 cm³/mol. The van der Waals surface area contributed by atoms with Gasteiger partial charge in [0.1, 0.15) is 5.75 Å². The van der Waals surface area contributed by atoms with Crippen LogP contribution in [0.15, 0.2) is 36.5 Å². The standard InChI is InChI=1S/C18H21N3O3/c1-11-5-4-8-19-16(11)9-12(2)20-18(24)15-7-6-14(10-17(15)23)21-13(3)22/h4-8,10,12,23H,9H2,1-3H3,(H,20,24)(H,21,22)/t12-/m0/s1. The smallest absolute Gasteiger partial charge is 0.255 e. The van der Waals surface area contributed by atoms with E-state index >= 15 is 0 Å². The number of phenols is 1. The lowest BCUT2D eigenvalue weighted by atomic mass is 10.1. The van der Waals surface area contributed by atoms with E-state index in [4.69, 9.17) is 0 Å². The molecule has 6 heteroatoms. The Morgan fingerprint density at radius 2 is 2.04 bits per heavy atom. The van der Waals surface area contributed by atoms with E-state index < -0.39 is 0 Å². The van der Waals surface area contributed by atoms with Gasteiger partial charge in [0, 0.05) is 43.0 Å². The van der Waals surface area contributed by atoms with Crippen molar-refractivity contribution < 1.29 is 14.7 Å². The van der Waals surface area contributed by atoms with E-state index in [0.29, 0.717) is 12.1 Å². The topological polar surface area (TPSA) is 91.3 Å². The molecule has 0 unspecified atom stereocenters. The van der Waals surface area contributed by atoms with Crippen molar-refractivity contribution in [2.24, 2.45) is 0 Å². The maximum Gasteiger partial charge on any atom is 0.255 e. The highest BCUT2D eigenvalue weighted by Crippen LogP contribution is 2.22. The number of anilines is 1. The van der Waals surface area contributed by atoms with Crippen LogP contribution in [-0.4, -0.2) is 27.9 Å². The van der Waals surface area contributed by atoms with Gasteiger partial charge in [-0.05, 0) is 37.6 Å². The van der Waals surface area contributed by atoms with Gasteiger partial charge in [-0.25, -0.2) is 0 Å². The second-order valence-electron chi connectivity index (χ2n) is 5.76. The summed E-state index contributed by atoms with van der Waals surface area (Å²) in [6.45, 7) is 5.23. The van der Waals surface area contributed by atoms with Crippen molar-refractivity contribution in [1.82, 2.24) is 10.3 Å². The van der Waals surface area contributed by atoms with Crippen LogP contribution in [0.3, 0.4) is 0 Å². The molecule has 2 amide bonds. The zero-order valence-corrected chi connectivity index (χ0v) is 14.0. The number of carbonyl (C=O) groups is 2. The molecular weight excluding hydrogens is 306 g/mol. The van der Waals surface area contributed by atoms with Crippen LogP contribution < -0.4 is 10.6 Å². The van der Waals surface area contributed by atoms with Crippen LogP contribution in [0, 0.1) is 6.92 Å². The van der Waals surface area contributed by atoms with Gasteiger partial charge < -0.3 is 15.7 Å². The number of carbonyl (C=O) groups excluding carboxylic acids is 2. The fourth-order valence-electron chi connectivity index (χ4n) is 2.38. The quantitative estimate of drug-likeness (QED) is 0.786. The summed E-state index contributed by atoms with van der Waals surface area (Å²) < 4.78 is 0. The number of aryl methyl sites for hydroxylation is 1. The number of phenolic OH excluding ortho intramolecular Hbond substituents is 1. The molecule has 2 rings (SSSR count). The Hall–Kier alpha value is -2.89. The second kappa shape index (κ2) is 7.59. The molecule has 1 aromatic heterocycles. The van der Waals surface area contributed by atoms with Gasteiger partial charge in [0.2, 0.25) is 5.91 Å². The lowest BCUT2D eigenvalue weighted by Gasteiger charge is -2.15. The third-order valence-electron chi connectivity index (χ3n) is 3.56. The van der Waals surface area contributed by atoms with Crippen molar-refractivity contribution in [1.29, 1.82) is 0 Å². The molecule has 0 aliphatic heterocycles. The van der Waals surface area contributed by atoms with Gasteiger partial charge >= 0.3 is 0 Å². The molecule has 0 aliphatic rings. The lowest BCUT2D eigenvalue weighted by molar-refractivity contribution is -0.114. The fraction of sp³-hybridized carbons (Fsp3) is 0.278. The Bertz CT molecular complexity index is 759. The first-order valence-corrected chi connectivity index (χ1v) is 7.68. The number of amides is 2. The van der Waals surface area contributed by atoms with E-state index in [1.165, 1.54) is 19.1 Å². The van der Waals surface area contributed by atoms with Crippen molar-refractivity contribution in [3.63, 3.8) is 0 Å². The summed E-state index contributed by atoms with van der Waals surface area (Å²) in [6.07, 6.45) is 2.33. The number of hydrogen-bond acceptors (Lipinski definition) is 4. The van der Waals surface area contributed by atoms with E-state index in [0.717, 1.165) is 11.3 Å². The van der Waals surface area contributed by atoms with Gasteiger partial charge in [-0.15, -0.1) is 0 Å². The number of aromatic hydroxyl groups is 1. The molecule has 0 spiro atoms. The average molecular weight is 327 g/mol. The molecule has 0 aliphatic carbocycles. The Morgan fingerprint density at radius 3 is 2.67 bits per heavy atom. The molecule has 2 aromatic rings. The molecule has 1 heterocycles. The molecule has 0 radical (unpaired) electrons. The summed E-state index contributed by atoms with van der Waals surface area (Å²) in [7, 11) is 0. The maximum absolute atomic E-state index is 12.3. The van der Waals surface area contributed by atoms with Gasteiger partial charge in [0.05, 0.1) is 5.56 Å². The van der Waals surface area contributed by atoms with Gasteiger partial charge in [-0.1, -0.05) is 6.07 Å². The summed E-state index contributed by atoms with van der Waals surface area (Å²) in [5.74, 6) is -0.797. The first kappa shape index (κ1) is 17.5. The zero-order chi connectivity index (χ0) is 17.7. The fourth-order valence-corrected chi connectivity index (χ4v) is 2.38. The molecule has 1 atom stereocenters. The average Bonchev–Trinajstić information content (AvgIpc) is 2.48. The summed E-state index contributed by atoms with van der Waals surface area (Å²) in [5.41, 5.74) is 2.60. The van der Waals surface area contributed by atoms with Crippen LogP contribution in [0.4, 0.5) is 5.69 Å². The molecule has 0 saturated carbocycles. The third kappa shape index (κ3) is 4.55. The van der Waals surface area contributed by atoms with Crippen LogP contribution in [0.1, 0.15) is 35.5 Å². The van der Waals surface area contributed by atoms with E-state index in [-0.39, 0.29) is 29.2 Å². The van der Waals surface area contributed by atoms with E-state index in [2.05, 4.69) is 15.6 Å². The SMILES string of the molecule is CC(=O)Nc1ccc(C(=O)N[C@@H](C)Cc2ncccc2C)c(O)c1. The number of nitrogens with zero attached hydrogens (tertiary/aromatic N) is 1. The highest BCUT2D eigenvalue weighted by atomic mass is 16.3. The maximum atomic E-state index is 12.3. The van der Waals surface area contributed by atoms with Gasteiger partial charge in [0.25, 0.3) is 5.91 Å². The minimum atomic E-state index is -0.372. The normalized spacial score (nSPS) is 11.6. The van der Waals surface area contributed by atoms with Crippen molar-refractivity contribution >= 4 is 17.5 Å². The van der Waals surface area contributed by atoms with Crippen LogP contribution >= 0.6 is 0 Å². The molecule has 3 N–H and O–H groups in total. The number of aromatic nitrogens is 1. The molecule has 1 aromatic carbocycles. The summed E-state index contributed by atoms with van der Waals surface area (Å²) in [4.78, 5) is 27.6. The molecule has 0 bridgehead atoms. The van der Waals surface area contributed by atoms with Gasteiger partial charge in [-0.3, -0.25) is 14.6 Å². The van der Waals surface area contributed by atoms with E-state index in [1.807, 2.05) is 26.0 Å². The summed E-state index contributed by atoms with van der Waals surface area (Å²) in [5, 5.41) is 15.4. The van der Waals surface area contributed by atoms with Crippen LogP contribution in [0.2, 0.25) is 0 Å². The molecule has 24 heavy (non-hydrogen) atoms. The first-order chi connectivity index (χ1) is 11.4. The van der Waals surface area contributed by atoms with Gasteiger partial charge in [-0.2, -0.15) is 0 Å². The minimum Gasteiger partial charge on any atom is -0.507 e. The largest absolute Gasteiger partial charge is 0.507 e. The lowest BCUT2D eigenvalue weighted by Crippen LogP contribution is -2.34. The zero-order valence-electron chi connectivity index (χ0n) is 14.0. The van der Waals surface area contributed by atoms with Crippen molar-refractivity contribution in [2.45, 2.75) is 33.2 Å². The van der Waals surface area contributed by atoms with Crippen molar-refractivity contribution in [3.8, 4) is 5.75 Å². The number of rotatable bonds is 5. The second-order valence-corrected chi connectivity index (χ2v) is 5.76. The van der Waals surface area contributed by atoms with Crippen molar-refractivity contribution in [2.75, 3.05) is 5.32 Å². The van der Waals surface area contributed by atoms with Crippen LogP contribution in [0.5, 0.6) is 5.75 Å². The highest BCUT2D eigenvalue weighted by molar-refractivity contribution is 5.98. The third-order valence-corrected chi connectivity index (χ3v) is 3.56. The molecular formula is C18H21N3O3. The summed E-state index contributed by atoms with van der Waals surface area (Å²) in [6, 6.07) is 8.11. The minimum absolute atomic E-state index is 0.138. The number of pyridine rings is 1. The Morgan fingerprint density at radius 1 is 1.29 bits per heavy atom. The van der Waals surface area contributed by atoms with Crippen LogP contribution in [-0.2, 0) is 11.2 Å². The molecule has 0 saturated heterocycles. The van der Waals surface area contributed by atoms with Gasteiger partial charge in [0.15, 0.2) is 0 Å². The monoisotopic (exact) mass is 327 g/mol. The van der Waals surface area contributed by atoms with Crippen LogP contribution in [0.25, 0.3) is 0 Å². The predicted octanol–water partition coefficient (Wildman–Crippen LogP) is 2.42. The Labute approximate surface area is 140 Å². The van der Waals surface area contributed by atoms with E-state index in [9.17, 15) is 14.7 Å². The first-order valence-electron chi connectivity index (χ1n) is 7.68. The summed E-state index contributed by atoms with van der Waals surface area (Å²) >= 11 is 0. The van der Waals surface area contributed by atoms with E-state index in [1.54, 1.807) is 12.3 Å².